The average Bonchev–Trinajstić information content (AvgIpc) is 2.20. The fraction of sp³-hybridized carbons (Fsp3) is 1.00. The lowest BCUT2D eigenvalue weighted by Crippen LogP contribution is -2.42. The van der Waals surface area contributed by atoms with Gasteiger partial charge in [-0.05, 0) is 32.4 Å². The van der Waals surface area contributed by atoms with Gasteiger partial charge in [0.05, 0.1) is 5.92 Å². The fourth-order valence-corrected chi connectivity index (χ4v) is 1.92. The third-order valence-electron chi connectivity index (χ3n) is 2.75. The first-order valence-corrected chi connectivity index (χ1v) is 6.68. The summed E-state index contributed by atoms with van der Waals surface area (Å²) in [5, 5.41) is 0. The van der Waals surface area contributed by atoms with Gasteiger partial charge >= 0.3 is 6.18 Å². The van der Waals surface area contributed by atoms with Crippen LogP contribution in [0.3, 0.4) is 0 Å². The maximum atomic E-state index is 12.5. The van der Waals surface area contributed by atoms with Gasteiger partial charge in [-0.1, -0.05) is 0 Å². The lowest BCUT2D eigenvalue weighted by atomic mass is 10.1. The molecule has 0 amide bonds. The second kappa shape index (κ2) is 7.40. The molecule has 0 aliphatic rings. The second-order valence-corrected chi connectivity index (χ2v) is 5.03. The molecule has 0 saturated carbocycles. The van der Waals surface area contributed by atoms with Crippen molar-refractivity contribution in [2.45, 2.75) is 25.6 Å². The summed E-state index contributed by atoms with van der Waals surface area (Å²) in [4.78, 5) is 1.74. The van der Waals surface area contributed by atoms with E-state index in [4.69, 9.17) is 5.73 Å². The lowest BCUT2D eigenvalue weighted by Gasteiger charge is -2.29. The van der Waals surface area contributed by atoms with E-state index in [2.05, 4.69) is 0 Å². The predicted octanol–water partition coefficient (Wildman–Crippen LogP) is 2.20. The third-order valence-corrected chi connectivity index (χ3v) is 3.39. The van der Waals surface area contributed by atoms with Crippen LogP contribution in [0.15, 0.2) is 0 Å². The largest absolute Gasteiger partial charge is 0.394 e. The highest BCUT2D eigenvalue weighted by atomic mass is 32.2. The van der Waals surface area contributed by atoms with E-state index in [-0.39, 0.29) is 19.1 Å². The maximum absolute atomic E-state index is 12.5. The van der Waals surface area contributed by atoms with Crippen molar-refractivity contribution in [3.05, 3.63) is 0 Å². The maximum Gasteiger partial charge on any atom is 0.394 e. The van der Waals surface area contributed by atoms with Gasteiger partial charge < -0.3 is 10.6 Å². The van der Waals surface area contributed by atoms with Gasteiger partial charge in [0.2, 0.25) is 0 Å². The molecule has 0 fully saturated rings. The molecule has 0 aromatic heterocycles. The summed E-state index contributed by atoms with van der Waals surface area (Å²) in [6.07, 6.45) is -1.31. The van der Waals surface area contributed by atoms with Crippen molar-refractivity contribution in [2.24, 2.45) is 11.7 Å². The van der Waals surface area contributed by atoms with Crippen LogP contribution >= 0.6 is 11.8 Å². The van der Waals surface area contributed by atoms with Crippen molar-refractivity contribution < 1.29 is 13.2 Å². The molecule has 0 saturated heterocycles. The zero-order valence-electron chi connectivity index (χ0n) is 10.0. The molecule has 0 aliphatic carbocycles. The minimum atomic E-state index is -4.19. The smallest absolute Gasteiger partial charge is 0.330 e. The van der Waals surface area contributed by atoms with Gasteiger partial charge in [-0.3, -0.25) is 0 Å². The van der Waals surface area contributed by atoms with Crippen molar-refractivity contribution in [3.63, 3.8) is 0 Å². The van der Waals surface area contributed by atoms with Crippen LogP contribution in [0.2, 0.25) is 0 Å². The lowest BCUT2D eigenvalue weighted by molar-refractivity contribution is -0.176. The Labute approximate surface area is 99.7 Å². The summed E-state index contributed by atoms with van der Waals surface area (Å²) < 4.78 is 37.5. The number of nitrogens with two attached hydrogens (primary N) is 1. The van der Waals surface area contributed by atoms with Gasteiger partial charge in [0, 0.05) is 19.1 Å². The molecule has 2 nitrogen and oxygen atoms in total. The Kier molecular flexibility index (Phi) is 7.43. The molecule has 2 N–H and O–H groups in total. The summed E-state index contributed by atoms with van der Waals surface area (Å²) in [5.74, 6) is -0.459. The predicted molar refractivity (Wildman–Crippen MR) is 63.7 cm³/mol. The second-order valence-electron chi connectivity index (χ2n) is 4.04. The van der Waals surface area contributed by atoms with E-state index in [1.807, 2.05) is 13.2 Å². The molecule has 0 rings (SSSR count). The number of halogens is 3. The van der Waals surface area contributed by atoms with Gasteiger partial charge in [0.1, 0.15) is 0 Å². The topological polar surface area (TPSA) is 29.3 Å². The van der Waals surface area contributed by atoms with Gasteiger partial charge in [0.25, 0.3) is 0 Å². The summed E-state index contributed by atoms with van der Waals surface area (Å²) in [6, 6.07) is 0.156. The molecule has 16 heavy (non-hydrogen) atoms. The van der Waals surface area contributed by atoms with Gasteiger partial charge in [0.15, 0.2) is 0 Å². The van der Waals surface area contributed by atoms with Crippen LogP contribution in [0.25, 0.3) is 0 Å². The van der Waals surface area contributed by atoms with Gasteiger partial charge in [-0.2, -0.15) is 24.9 Å². The standard InChI is InChI=1S/C10H21F3N2S/c1-8(4-5-16-3)15(2)7-9(6-14)10(11,12)13/h8-9H,4-7,14H2,1-3H3. The normalized spacial score (nSPS) is 16.5. The Bertz CT molecular complexity index is 187. The first-order valence-electron chi connectivity index (χ1n) is 5.28. The van der Waals surface area contributed by atoms with E-state index < -0.39 is 12.1 Å². The summed E-state index contributed by atoms with van der Waals surface area (Å²) in [6.45, 7) is 1.58. The Morgan fingerprint density at radius 3 is 2.31 bits per heavy atom. The molecule has 0 aromatic rings. The molecular weight excluding hydrogens is 237 g/mol. The number of rotatable bonds is 7. The number of thioether (sulfide) groups is 1. The van der Waals surface area contributed by atoms with Crippen LogP contribution in [0.4, 0.5) is 13.2 Å². The van der Waals surface area contributed by atoms with Crippen LogP contribution in [-0.2, 0) is 0 Å². The van der Waals surface area contributed by atoms with E-state index in [1.54, 1.807) is 23.7 Å². The molecule has 0 radical (unpaired) electrons. The van der Waals surface area contributed by atoms with Crippen molar-refractivity contribution in [1.82, 2.24) is 4.90 Å². The molecule has 0 aliphatic heterocycles. The molecule has 98 valence electrons. The van der Waals surface area contributed by atoms with Crippen LogP contribution in [0.1, 0.15) is 13.3 Å². The van der Waals surface area contributed by atoms with E-state index in [0.29, 0.717) is 0 Å². The number of nitrogens with zero attached hydrogens (tertiary/aromatic N) is 1. The molecule has 2 atom stereocenters. The summed E-state index contributed by atoms with van der Waals surface area (Å²) >= 11 is 1.70. The van der Waals surface area contributed by atoms with Crippen LogP contribution in [0.5, 0.6) is 0 Å². The van der Waals surface area contributed by atoms with Crippen LogP contribution in [0, 0.1) is 5.92 Å². The van der Waals surface area contributed by atoms with E-state index in [9.17, 15) is 13.2 Å². The average molecular weight is 258 g/mol. The zero-order valence-corrected chi connectivity index (χ0v) is 10.9. The van der Waals surface area contributed by atoms with Crippen molar-refractivity contribution in [1.29, 1.82) is 0 Å². The minimum absolute atomic E-state index is 0.0183. The Balaban J connectivity index is 4.14. The molecule has 0 spiro atoms. The van der Waals surface area contributed by atoms with Crippen molar-refractivity contribution in [2.75, 3.05) is 32.1 Å². The SMILES string of the molecule is CSCCC(C)N(C)CC(CN)C(F)(F)F. The number of alkyl halides is 3. The fourth-order valence-electron chi connectivity index (χ4n) is 1.35. The molecule has 6 heteroatoms. The number of hydrogen-bond acceptors (Lipinski definition) is 3. The highest BCUT2D eigenvalue weighted by Gasteiger charge is 2.39. The van der Waals surface area contributed by atoms with E-state index in [1.165, 1.54) is 0 Å². The Morgan fingerprint density at radius 2 is 1.94 bits per heavy atom. The third kappa shape index (κ3) is 5.96. The summed E-state index contributed by atoms with van der Waals surface area (Å²) in [5.41, 5.74) is 5.16. The Hall–Kier alpha value is 0.0600. The minimum Gasteiger partial charge on any atom is -0.330 e. The van der Waals surface area contributed by atoms with E-state index in [0.717, 1.165) is 12.2 Å². The van der Waals surface area contributed by atoms with Gasteiger partial charge in [-0.15, -0.1) is 0 Å². The molecule has 0 bridgehead atoms. The highest BCUT2D eigenvalue weighted by molar-refractivity contribution is 7.98. The molecular formula is C10H21F3N2S. The van der Waals surface area contributed by atoms with Crippen molar-refractivity contribution >= 4 is 11.8 Å². The van der Waals surface area contributed by atoms with Crippen molar-refractivity contribution in [3.8, 4) is 0 Å². The van der Waals surface area contributed by atoms with Gasteiger partial charge in [-0.25, -0.2) is 0 Å². The van der Waals surface area contributed by atoms with Crippen LogP contribution < -0.4 is 5.73 Å². The first kappa shape index (κ1) is 16.1. The first-order chi connectivity index (χ1) is 7.32. The molecule has 0 heterocycles. The highest BCUT2D eigenvalue weighted by Crippen LogP contribution is 2.26. The van der Waals surface area contributed by atoms with Crippen LogP contribution in [-0.4, -0.2) is 49.3 Å². The summed E-state index contributed by atoms with van der Waals surface area (Å²) in [7, 11) is 1.72. The zero-order chi connectivity index (χ0) is 12.8. The Morgan fingerprint density at radius 1 is 1.38 bits per heavy atom. The molecule has 0 aromatic carbocycles. The quantitative estimate of drug-likeness (QED) is 0.759. The molecule has 2 unspecified atom stereocenters. The monoisotopic (exact) mass is 258 g/mol. The van der Waals surface area contributed by atoms with E-state index >= 15 is 0 Å². The number of hydrogen-bond donors (Lipinski definition) is 1.